The van der Waals surface area contributed by atoms with E-state index in [9.17, 15) is 13.2 Å². The summed E-state index contributed by atoms with van der Waals surface area (Å²) in [5, 5.41) is 14.7. The minimum Gasteiger partial charge on any atom is -0.401 e. The maximum Gasteiger partial charge on any atom is 0.322 e. The van der Waals surface area contributed by atoms with Gasteiger partial charge < -0.3 is 4.42 Å². The number of hydrogen-bond acceptors (Lipinski definition) is 7. The highest BCUT2D eigenvalue weighted by atomic mass is 32.2. The minimum absolute atomic E-state index is 0.0569. The van der Waals surface area contributed by atoms with E-state index in [0.29, 0.717) is 18.8 Å². The second-order valence-corrected chi connectivity index (χ2v) is 10.2. The molecule has 34 heavy (non-hydrogen) atoms. The SMILES string of the molecule is CCCCN(CCCC)S(=O)(=O)c1ccc(C(=O)Nc2nnc(-c3ccnn3C(C)C)o2)cc1. The molecular weight excluding hydrogens is 456 g/mol. The zero-order valence-corrected chi connectivity index (χ0v) is 20.9. The van der Waals surface area contributed by atoms with E-state index in [1.165, 1.54) is 28.6 Å². The van der Waals surface area contributed by atoms with E-state index >= 15 is 0 Å². The Balaban J connectivity index is 1.71. The number of benzene rings is 1. The van der Waals surface area contributed by atoms with Crippen LogP contribution >= 0.6 is 0 Å². The Morgan fingerprint density at radius 2 is 1.71 bits per heavy atom. The summed E-state index contributed by atoms with van der Waals surface area (Å²) in [5.74, 6) is -0.243. The van der Waals surface area contributed by atoms with Gasteiger partial charge in [0.2, 0.25) is 10.0 Å². The highest BCUT2D eigenvalue weighted by Crippen LogP contribution is 2.23. The van der Waals surface area contributed by atoms with Crippen LogP contribution in [0.3, 0.4) is 0 Å². The molecule has 0 radical (unpaired) electrons. The van der Waals surface area contributed by atoms with E-state index in [-0.39, 0.29) is 28.4 Å². The lowest BCUT2D eigenvalue weighted by atomic mass is 10.2. The lowest BCUT2D eigenvalue weighted by Gasteiger charge is -2.22. The first-order valence-corrected chi connectivity index (χ1v) is 13.0. The van der Waals surface area contributed by atoms with Crippen molar-refractivity contribution in [1.29, 1.82) is 0 Å². The summed E-state index contributed by atoms with van der Waals surface area (Å²) in [6.45, 7) is 8.98. The molecule has 1 N–H and O–H groups in total. The number of rotatable bonds is 12. The number of hydrogen-bond donors (Lipinski definition) is 1. The molecule has 0 saturated carbocycles. The first-order chi connectivity index (χ1) is 16.3. The highest BCUT2D eigenvalue weighted by Gasteiger charge is 2.24. The molecule has 3 rings (SSSR count). The van der Waals surface area contributed by atoms with Gasteiger partial charge in [-0.15, -0.1) is 5.10 Å². The van der Waals surface area contributed by atoms with Crippen LogP contribution in [-0.2, 0) is 10.0 Å². The van der Waals surface area contributed by atoms with Gasteiger partial charge in [0.25, 0.3) is 11.8 Å². The third kappa shape index (κ3) is 5.89. The monoisotopic (exact) mass is 488 g/mol. The summed E-state index contributed by atoms with van der Waals surface area (Å²) >= 11 is 0. The third-order valence-electron chi connectivity index (χ3n) is 5.30. The zero-order chi connectivity index (χ0) is 24.7. The largest absolute Gasteiger partial charge is 0.401 e. The molecule has 0 aliphatic heterocycles. The quantitative estimate of drug-likeness (QED) is 0.402. The summed E-state index contributed by atoms with van der Waals surface area (Å²) in [7, 11) is -3.63. The number of aromatic nitrogens is 4. The van der Waals surface area contributed by atoms with Crippen molar-refractivity contribution < 1.29 is 17.6 Å². The van der Waals surface area contributed by atoms with Crippen molar-refractivity contribution >= 4 is 21.9 Å². The Labute approximate surface area is 200 Å². The van der Waals surface area contributed by atoms with E-state index in [4.69, 9.17) is 4.42 Å². The molecule has 0 spiro atoms. The molecule has 184 valence electrons. The van der Waals surface area contributed by atoms with Crippen LogP contribution in [-0.4, -0.2) is 51.7 Å². The maximum absolute atomic E-state index is 13.1. The second kappa shape index (κ2) is 11.4. The molecule has 0 saturated heterocycles. The number of amides is 1. The molecule has 0 atom stereocenters. The predicted molar refractivity (Wildman–Crippen MR) is 129 cm³/mol. The van der Waals surface area contributed by atoms with Crippen molar-refractivity contribution in [3.63, 3.8) is 0 Å². The molecular formula is C23H32N6O4S. The first-order valence-electron chi connectivity index (χ1n) is 11.6. The van der Waals surface area contributed by atoms with Crippen LogP contribution in [0.25, 0.3) is 11.6 Å². The molecule has 0 aliphatic rings. The molecule has 1 amide bonds. The molecule has 2 aromatic heterocycles. The third-order valence-corrected chi connectivity index (χ3v) is 7.21. The normalized spacial score (nSPS) is 11.9. The Bertz CT molecular complexity index is 1180. The second-order valence-electron chi connectivity index (χ2n) is 8.26. The number of nitrogens with one attached hydrogen (secondary N) is 1. The van der Waals surface area contributed by atoms with Gasteiger partial charge in [-0.1, -0.05) is 31.8 Å². The number of carbonyl (C=O) groups excluding carboxylic acids is 1. The summed E-state index contributed by atoms with van der Waals surface area (Å²) < 4.78 is 35.0. The van der Waals surface area contributed by atoms with Crippen LogP contribution < -0.4 is 5.32 Å². The average Bonchev–Trinajstić information content (AvgIpc) is 3.48. The van der Waals surface area contributed by atoms with Crippen LogP contribution in [0.5, 0.6) is 0 Å². The van der Waals surface area contributed by atoms with Crippen molar-refractivity contribution in [3.05, 3.63) is 42.1 Å². The van der Waals surface area contributed by atoms with Gasteiger partial charge in [0, 0.05) is 30.9 Å². The van der Waals surface area contributed by atoms with Crippen molar-refractivity contribution in [3.8, 4) is 11.6 Å². The number of carbonyl (C=O) groups is 1. The first kappa shape index (κ1) is 25.6. The fourth-order valence-electron chi connectivity index (χ4n) is 3.39. The predicted octanol–water partition coefficient (Wildman–Crippen LogP) is 4.36. The molecule has 2 heterocycles. The molecule has 0 unspecified atom stereocenters. The van der Waals surface area contributed by atoms with Crippen LogP contribution in [0, 0.1) is 0 Å². The number of sulfonamides is 1. The molecule has 0 bridgehead atoms. The summed E-state index contributed by atoms with van der Waals surface area (Å²) in [4.78, 5) is 12.8. The number of anilines is 1. The Morgan fingerprint density at radius 1 is 1.06 bits per heavy atom. The fourth-order valence-corrected chi connectivity index (χ4v) is 4.91. The molecule has 0 aliphatic carbocycles. The smallest absolute Gasteiger partial charge is 0.322 e. The van der Waals surface area contributed by atoms with Gasteiger partial charge in [-0.25, -0.2) is 8.42 Å². The van der Waals surface area contributed by atoms with Gasteiger partial charge in [0.05, 0.1) is 4.90 Å². The van der Waals surface area contributed by atoms with Crippen LogP contribution in [0.4, 0.5) is 6.01 Å². The van der Waals surface area contributed by atoms with Gasteiger partial charge in [-0.2, -0.15) is 9.40 Å². The van der Waals surface area contributed by atoms with E-state index in [2.05, 4.69) is 20.6 Å². The highest BCUT2D eigenvalue weighted by molar-refractivity contribution is 7.89. The van der Waals surface area contributed by atoms with Gasteiger partial charge in [0.15, 0.2) is 0 Å². The Morgan fingerprint density at radius 3 is 2.29 bits per heavy atom. The Kier molecular flexibility index (Phi) is 8.56. The number of unbranched alkanes of at least 4 members (excludes halogenated alkanes) is 2. The van der Waals surface area contributed by atoms with Crippen LogP contribution in [0.2, 0.25) is 0 Å². The summed E-state index contributed by atoms with van der Waals surface area (Å²) in [6, 6.07) is 7.66. The average molecular weight is 489 g/mol. The van der Waals surface area contributed by atoms with Crippen molar-refractivity contribution in [1.82, 2.24) is 24.3 Å². The topological polar surface area (TPSA) is 123 Å². The lowest BCUT2D eigenvalue weighted by Crippen LogP contribution is -2.33. The van der Waals surface area contributed by atoms with E-state index in [0.717, 1.165) is 25.7 Å². The minimum atomic E-state index is -3.63. The van der Waals surface area contributed by atoms with Crippen LogP contribution in [0.1, 0.15) is 69.8 Å². The molecule has 3 aromatic rings. The van der Waals surface area contributed by atoms with Crippen molar-refractivity contribution in [2.24, 2.45) is 0 Å². The molecule has 1 aromatic carbocycles. The lowest BCUT2D eigenvalue weighted by molar-refractivity contribution is 0.102. The van der Waals surface area contributed by atoms with E-state index in [1.54, 1.807) is 16.9 Å². The standard InChI is InChI=1S/C23H32N6O4S/c1-5-7-15-28(16-8-6-2)34(31,32)19-11-9-18(10-12-19)21(30)25-23-27-26-22(33-23)20-13-14-24-29(20)17(3)4/h9-14,17H,5-8,15-16H2,1-4H3,(H,25,27,30). The summed E-state index contributed by atoms with van der Waals surface area (Å²) in [6.07, 6.45) is 5.06. The van der Waals surface area contributed by atoms with E-state index < -0.39 is 15.9 Å². The van der Waals surface area contributed by atoms with Crippen molar-refractivity contribution in [2.45, 2.75) is 64.3 Å². The van der Waals surface area contributed by atoms with Crippen molar-refractivity contribution in [2.75, 3.05) is 18.4 Å². The van der Waals surface area contributed by atoms with Gasteiger partial charge in [0.1, 0.15) is 5.69 Å². The molecule has 11 heteroatoms. The van der Waals surface area contributed by atoms with Gasteiger partial charge >= 0.3 is 6.01 Å². The van der Waals surface area contributed by atoms with Gasteiger partial charge in [-0.3, -0.25) is 14.8 Å². The van der Waals surface area contributed by atoms with E-state index in [1.807, 2.05) is 27.7 Å². The molecule has 0 fully saturated rings. The maximum atomic E-state index is 13.1. The van der Waals surface area contributed by atoms with Crippen LogP contribution in [0.15, 0.2) is 45.8 Å². The summed E-state index contributed by atoms with van der Waals surface area (Å²) in [5.41, 5.74) is 0.924. The fraction of sp³-hybridized carbons (Fsp3) is 0.478. The molecule has 10 nitrogen and oxygen atoms in total. The Hall–Kier alpha value is -3.05. The van der Waals surface area contributed by atoms with Gasteiger partial charge in [-0.05, 0) is 57.0 Å². The number of nitrogens with zero attached hydrogens (tertiary/aromatic N) is 5. The zero-order valence-electron chi connectivity index (χ0n) is 20.1.